The summed E-state index contributed by atoms with van der Waals surface area (Å²) < 4.78 is 3.76. The van der Waals surface area contributed by atoms with E-state index in [0.29, 0.717) is 5.15 Å². The summed E-state index contributed by atoms with van der Waals surface area (Å²) in [6.45, 7) is 2.00. The summed E-state index contributed by atoms with van der Waals surface area (Å²) in [6.07, 6.45) is 1.73. The highest BCUT2D eigenvalue weighted by Crippen LogP contribution is 2.52. The largest absolute Gasteiger partial charge is 0.252 e. The van der Waals surface area contributed by atoms with Crippen molar-refractivity contribution in [3.63, 3.8) is 0 Å². The van der Waals surface area contributed by atoms with Crippen molar-refractivity contribution >= 4 is 35.1 Å². The van der Waals surface area contributed by atoms with E-state index in [9.17, 15) is 0 Å². The second-order valence-corrected chi connectivity index (χ2v) is 7.69. The van der Waals surface area contributed by atoms with Crippen LogP contribution in [0.3, 0.4) is 0 Å². The van der Waals surface area contributed by atoms with Crippen molar-refractivity contribution in [3.8, 4) is 5.69 Å². The summed E-state index contributed by atoms with van der Waals surface area (Å²) in [4.78, 5) is 0. The molecule has 0 amide bonds. The Kier molecular flexibility index (Phi) is 3.19. The number of nitrogens with zero attached hydrogens (tertiary/aromatic N) is 6. The maximum atomic E-state index is 6.73. The van der Waals surface area contributed by atoms with Crippen LogP contribution in [-0.2, 0) is 0 Å². The monoisotopic (exact) mass is 374 g/mol. The van der Waals surface area contributed by atoms with Gasteiger partial charge in [-0.2, -0.15) is 5.10 Å². The lowest BCUT2D eigenvalue weighted by Gasteiger charge is -2.24. The molecule has 120 valence electrons. The van der Waals surface area contributed by atoms with Crippen molar-refractivity contribution in [1.82, 2.24) is 24.7 Å². The number of hydrogen-bond acceptors (Lipinski definition) is 6. The predicted molar refractivity (Wildman–Crippen MR) is 95.8 cm³/mol. The summed E-state index contributed by atoms with van der Waals surface area (Å²) in [5, 5.41) is 19.8. The molecule has 9 heteroatoms. The lowest BCUT2D eigenvalue weighted by molar-refractivity contribution is 0.632. The Labute approximate surface area is 151 Å². The summed E-state index contributed by atoms with van der Waals surface area (Å²) in [6, 6.07) is 9.93. The highest BCUT2D eigenvalue weighted by molar-refractivity contribution is 8.07. The molecule has 3 aromatic rings. The van der Waals surface area contributed by atoms with Crippen LogP contribution in [0.4, 0.5) is 0 Å². The Morgan fingerprint density at radius 2 is 2.04 bits per heavy atom. The number of halogens is 1. The number of aromatic nitrogens is 5. The van der Waals surface area contributed by atoms with Gasteiger partial charge in [-0.25, -0.2) is 9.36 Å². The maximum absolute atomic E-state index is 6.73. The third-order valence-electron chi connectivity index (χ3n) is 3.97. The van der Waals surface area contributed by atoms with Gasteiger partial charge in [0.1, 0.15) is 21.9 Å². The first-order chi connectivity index (χ1) is 11.7. The van der Waals surface area contributed by atoms with Gasteiger partial charge in [-0.05, 0) is 30.8 Å². The van der Waals surface area contributed by atoms with Crippen LogP contribution in [0, 0.1) is 6.92 Å². The summed E-state index contributed by atoms with van der Waals surface area (Å²) in [5.74, 6) is 0. The van der Waals surface area contributed by atoms with Crippen molar-refractivity contribution in [2.24, 2.45) is 0 Å². The Morgan fingerprint density at radius 1 is 1.21 bits per heavy atom. The third-order valence-corrected chi connectivity index (χ3v) is 6.50. The second-order valence-electron chi connectivity index (χ2n) is 5.39. The normalized spacial score (nSPS) is 18.7. The van der Waals surface area contributed by atoms with Crippen molar-refractivity contribution in [1.29, 1.82) is 0 Å². The van der Waals surface area contributed by atoms with E-state index >= 15 is 0 Å². The van der Waals surface area contributed by atoms with Crippen LogP contribution in [0.1, 0.15) is 16.6 Å². The van der Waals surface area contributed by atoms with Gasteiger partial charge in [0, 0.05) is 11.0 Å². The molecule has 2 aromatic heterocycles. The quantitative estimate of drug-likeness (QED) is 0.681. The average molecular weight is 375 g/mol. The Hall–Kier alpha value is -1.90. The molecule has 6 nitrogen and oxygen atoms in total. The van der Waals surface area contributed by atoms with Crippen molar-refractivity contribution < 1.29 is 0 Å². The summed E-state index contributed by atoms with van der Waals surface area (Å²) >= 11 is 10.1. The van der Waals surface area contributed by atoms with Gasteiger partial charge in [0.05, 0.1) is 11.4 Å². The first-order valence-electron chi connectivity index (χ1n) is 7.27. The molecule has 0 radical (unpaired) electrons. The molecule has 2 aliphatic heterocycles. The minimum absolute atomic E-state index is 0.0229. The predicted octanol–water partition coefficient (Wildman–Crippen LogP) is 3.71. The zero-order chi connectivity index (χ0) is 16.3. The first-order valence-corrected chi connectivity index (χ1v) is 9.41. The SMILES string of the molecule is Cc1nn(-c2ccccc2)c(Cl)c1[C@H]1SC=C2Sc3nncn3N21. The molecule has 5 rings (SSSR count). The van der Waals surface area contributed by atoms with Crippen LogP contribution in [0.15, 0.2) is 52.3 Å². The number of hydrogen-bond donors (Lipinski definition) is 0. The van der Waals surface area contributed by atoms with E-state index in [1.165, 1.54) is 0 Å². The fourth-order valence-electron chi connectivity index (χ4n) is 2.89. The minimum Gasteiger partial charge on any atom is -0.252 e. The van der Waals surface area contributed by atoms with E-state index in [0.717, 1.165) is 27.1 Å². The molecule has 0 unspecified atom stereocenters. The van der Waals surface area contributed by atoms with E-state index < -0.39 is 0 Å². The van der Waals surface area contributed by atoms with E-state index in [-0.39, 0.29) is 5.37 Å². The Morgan fingerprint density at radius 3 is 2.88 bits per heavy atom. The van der Waals surface area contributed by atoms with Gasteiger partial charge < -0.3 is 0 Å². The number of thioether (sulfide) groups is 2. The van der Waals surface area contributed by atoms with Gasteiger partial charge in [-0.15, -0.1) is 10.2 Å². The molecule has 2 aliphatic rings. The second kappa shape index (κ2) is 5.30. The van der Waals surface area contributed by atoms with Gasteiger partial charge in [0.25, 0.3) is 0 Å². The highest BCUT2D eigenvalue weighted by atomic mass is 35.5. The molecule has 0 bridgehead atoms. The van der Waals surface area contributed by atoms with Gasteiger partial charge in [0.2, 0.25) is 5.16 Å². The third kappa shape index (κ3) is 1.96. The Bertz CT molecular complexity index is 964. The van der Waals surface area contributed by atoms with Crippen LogP contribution < -0.4 is 5.01 Å². The summed E-state index contributed by atoms with van der Waals surface area (Å²) in [5.41, 5.74) is 2.88. The first kappa shape index (κ1) is 14.4. The molecule has 0 spiro atoms. The molecule has 24 heavy (non-hydrogen) atoms. The number of benzene rings is 1. The molecule has 0 fully saturated rings. The average Bonchev–Trinajstić information content (AvgIpc) is 3.30. The van der Waals surface area contributed by atoms with Gasteiger partial charge in [-0.1, -0.05) is 41.6 Å². The van der Waals surface area contributed by atoms with Gasteiger partial charge >= 0.3 is 0 Å². The molecule has 0 saturated heterocycles. The molecule has 0 aliphatic carbocycles. The molecule has 1 aromatic carbocycles. The molecule has 1 atom stereocenters. The van der Waals surface area contributed by atoms with Crippen LogP contribution in [0.5, 0.6) is 0 Å². The number of rotatable bonds is 2. The van der Waals surface area contributed by atoms with E-state index in [4.69, 9.17) is 11.6 Å². The lowest BCUT2D eigenvalue weighted by atomic mass is 10.2. The number of fused-ring (bicyclic) bond motifs is 3. The molecule has 0 N–H and O–H groups in total. The smallest absolute Gasteiger partial charge is 0.216 e. The maximum Gasteiger partial charge on any atom is 0.216 e. The molecule has 4 heterocycles. The highest BCUT2D eigenvalue weighted by Gasteiger charge is 2.40. The molecular formula is C15H11ClN6S2. The van der Waals surface area contributed by atoms with Crippen molar-refractivity contribution in [2.75, 3.05) is 5.01 Å². The zero-order valence-electron chi connectivity index (χ0n) is 12.5. The summed E-state index contributed by atoms with van der Waals surface area (Å²) in [7, 11) is 0. The minimum atomic E-state index is 0.0229. The fourth-order valence-corrected chi connectivity index (χ4v) is 5.65. The molecule has 0 saturated carbocycles. The van der Waals surface area contributed by atoms with Gasteiger partial charge in [0.15, 0.2) is 0 Å². The van der Waals surface area contributed by atoms with E-state index in [1.807, 2.05) is 41.9 Å². The van der Waals surface area contributed by atoms with Crippen molar-refractivity contribution in [2.45, 2.75) is 17.5 Å². The fraction of sp³-hybridized carbons (Fsp3) is 0.133. The molecular weight excluding hydrogens is 364 g/mol. The van der Waals surface area contributed by atoms with Crippen LogP contribution in [0.2, 0.25) is 5.15 Å². The standard InChI is InChI=1S/C15H11ClN6S2/c1-9-12(13(16)21(19-9)10-5-3-2-4-6-10)14-22-11(7-23-14)24-15-18-17-8-20(15)22/h2-8,14H,1H3/t14-/m1/s1. The zero-order valence-corrected chi connectivity index (χ0v) is 14.9. The van der Waals surface area contributed by atoms with Crippen LogP contribution >= 0.6 is 35.1 Å². The van der Waals surface area contributed by atoms with Crippen LogP contribution in [-0.4, -0.2) is 24.7 Å². The topological polar surface area (TPSA) is 51.8 Å². The van der Waals surface area contributed by atoms with Gasteiger partial charge in [-0.3, -0.25) is 5.01 Å². The van der Waals surface area contributed by atoms with Crippen LogP contribution in [0.25, 0.3) is 5.69 Å². The lowest BCUT2D eigenvalue weighted by Crippen LogP contribution is -2.28. The number of aryl methyl sites for hydroxylation is 1. The van der Waals surface area contributed by atoms with Crippen molar-refractivity contribution in [3.05, 3.63) is 63.5 Å². The van der Waals surface area contributed by atoms with E-state index in [2.05, 4.69) is 25.7 Å². The number of para-hydroxylation sites is 1. The Balaban J connectivity index is 1.61. The van der Waals surface area contributed by atoms with E-state index in [1.54, 1.807) is 34.5 Å².